The number of hydrogen-bond donors (Lipinski definition) is 0. The minimum absolute atomic E-state index is 0. The van der Waals surface area contributed by atoms with Crippen LogP contribution in [0.3, 0.4) is 0 Å². The third-order valence-corrected chi connectivity index (χ3v) is 2.31. The predicted octanol–water partition coefficient (Wildman–Crippen LogP) is -0.533. The van der Waals surface area contributed by atoms with Crippen LogP contribution in [0.2, 0.25) is 0 Å². The van der Waals surface area contributed by atoms with Crippen molar-refractivity contribution in [3.8, 4) is 5.75 Å². The van der Waals surface area contributed by atoms with Crippen LogP contribution in [-0.2, 0) is 4.74 Å². The zero-order chi connectivity index (χ0) is 13.1. The SMILES string of the molecule is COCC(C)Oc1ccc([B-](F)(F)F)cc1C.[K+]. The summed E-state index contributed by atoms with van der Waals surface area (Å²) in [5, 5.41) is 0. The molecule has 0 N–H and O–H groups in total. The summed E-state index contributed by atoms with van der Waals surface area (Å²) in [6.45, 7) is -1.16. The van der Waals surface area contributed by atoms with Crippen LogP contribution in [0.5, 0.6) is 5.75 Å². The fourth-order valence-electron chi connectivity index (χ4n) is 1.49. The Balaban J connectivity index is 0.00000289. The zero-order valence-electron chi connectivity index (χ0n) is 11.0. The molecule has 0 radical (unpaired) electrons. The molecule has 0 aliphatic rings. The minimum Gasteiger partial charge on any atom is -0.488 e. The Hall–Kier alpha value is 0.471. The summed E-state index contributed by atoms with van der Waals surface area (Å²) >= 11 is 0. The molecule has 0 saturated heterocycles. The van der Waals surface area contributed by atoms with Crippen molar-refractivity contribution >= 4 is 12.4 Å². The molecular weight excluding hydrogens is 271 g/mol. The van der Waals surface area contributed by atoms with Gasteiger partial charge in [0.2, 0.25) is 0 Å². The van der Waals surface area contributed by atoms with Gasteiger partial charge in [-0.3, -0.25) is 0 Å². The predicted molar refractivity (Wildman–Crippen MR) is 61.9 cm³/mol. The molecular formula is C11H15BF3KO2. The molecule has 0 heterocycles. The van der Waals surface area contributed by atoms with Gasteiger partial charge in [-0.05, 0) is 25.5 Å². The van der Waals surface area contributed by atoms with Gasteiger partial charge in [0, 0.05) is 7.11 Å². The second-order valence-electron chi connectivity index (χ2n) is 3.98. The van der Waals surface area contributed by atoms with E-state index in [9.17, 15) is 12.9 Å². The van der Waals surface area contributed by atoms with Crippen LogP contribution in [0.15, 0.2) is 18.2 Å². The molecule has 1 atom stereocenters. The van der Waals surface area contributed by atoms with Crippen LogP contribution in [-0.4, -0.2) is 26.8 Å². The summed E-state index contributed by atoms with van der Waals surface area (Å²) in [6.07, 6.45) is -0.194. The standard InChI is InChI=1S/C11H15BF3O2.K/c1-8-6-10(12(13,14)15)4-5-11(8)17-9(2)7-16-3;/h4-6,9H,7H2,1-3H3;/q-1;+1. The topological polar surface area (TPSA) is 18.5 Å². The molecule has 0 amide bonds. The van der Waals surface area contributed by atoms with Crippen molar-refractivity contribution in [2.45, 2.75) is 20.0 Å². The maximum Gasteiger partial charge on any atom is 1.00 e. The summed E-state index contributed by atoms with van der Waals surface area (Å²) in [4.78, 5) is 0. The normalized spacial score (nSPS) is 12.8. The third kappa shape index (κ3) is 5.63. The zero-order valence-corrected chi connectivity index (χ0v) is 14.2. The minimum atomic E-state index is -4.95. The number of benzene rings is 1. The van der Waals surface area contributed by atoms with E-state index in [0.29, 0.717) is 17.9 Å². The molecule has 1 aromatic rings. The quantitative estimate of drug-likeness (QED) is 0.677. The first-order valence-electron chi connectivity index (χ1n) is 5.30. The molecule has 0 spiro atoms. The van der Waals surface area contributed by atoms with Crippen molar-refractivity contribution in [3.63, 3.8) is 0 Å². The molecule has 0 bridgehead atoms. The second kappa shape index (κ2) is 7.92. The summed E-state index contributed by atoms with van der Waals surface area (Å²) < 4.78 is 47.8. The molecule has 1 unspecified atom stereocenters. The Morgan fingerprint density at radius 1 is 1.28 bits per heavy atom. The first-order chi connectivity index (χ1) is 7.84. The fourth-order valence-corrected chi connectivity index (χ4v) is 1.49. The molecule has 1 aromatic carbocycles. The first-order valence-corrected chi connectivity index (χ1v) is 5.30. The summed E-state index contributed by atoms with van der Waals surface area (Å²) in [6, 6.07) is 3.50. The number of methoxy groups -OCH3 is 1. The molecule has 18 heavy (non-hydrogen) atoms. The van der Waals surface area contributed by atoms with Crippen LogP contribution in [0.4, 0.5) is 12.9 Å². The van der Waals surface area contributed by atoms with Crippen molar-refractivity contribution in [3.05, 3.63) is 23.8 Å². The van der Waals surface area contributed by atoms with Gasteiger partial charge in [-0.15, -0.1) is 5.46 Å². The largest absolute Gasteiger partial charge is 1.00 e. The van der Waals surface area contributed by atoms with Gasteiger partial charge in [0.1, 0.15) is 11.9 Å². The van der Waals surface area contributed by atoms with E-state index < -0.39 is 12.4 Å². The average Bonchev–Trinajstić information content (AvgIpc) is 2.20. The summed E-state index contributed by atoms with van der Waals surface area (Å²) in [5.41, 5.74) is -0.126. The number of ether oxygens (including phenoxy) is 2. The van der Waals surface area contributed by atoms with Crippen molar-refractivity contribution in [1.82, 2.24) is 0 Å². The van der Waals surface area contributed by atoms with Crippen LogP contribution in [0.1, 0.15) is 12.5 Å². The summed E-state index contributed by atoms with van der Waals surface area (Å²) in [7, 11) is 1.54. The smallest absolute Gasteiger partial charge is 0.488 e. The van der Waals surface area contributed by atoms with E-state index in [-0.39, 0.29) is 57.5 Å². The maximum absolute atomic E-state index is 12.5. The van der Waals surface area contributed by atoms with Crippen molar-refractivity contribution < 1.29 is 73.8 Å². The van der Waals surface area contributed by atoms with E-state index >= 15 is 0 Å². The van der Waals surface area contributed by atoms with E-state index in [0.717, 1.165) is 12.1 Å². The van der Waals surface area contributed by atoms with Crippen molar-refractivity contribution in [1.29, 1.82) is 0 Å². The van der Waals surface area contributed by atoms with Gasteiger partial charge >= 0.3 is 58.4 Å². The van der Waals surface area contributed by atoms with E-state index in [1.807, 2.05) is 0 Å². The van der Waals surface area contributed by atoms with Crippen LogP contribution in [0.25, 0.3) is 0 Å². The van der Waals surface area contributed by atoms with E-state index in [2.05, 4.69) is 0 Å². The van der Waals surface area contributed by atoms with Gasteiger partial charge < -0.3 is 22.4 Å². The molecule has 96 valence electrons. The van der Waals surface area contributed by atoms with Gasteiger partial charge in [-0.1, -0.05) is 12.1 Å². The van der Waals surface area contributed by atoms with E-state index in [1.54, 1.807) is 21.0 Å². The molecule has 7 heteroatoms. The molecule has 0 aliphatic heterocycles. The second-order valence-corrected chi connectivity index (χ2v) is 3.98. The molecule has 0 saturated carbocycles. The number of rotatable bonds is 5. The maximum atomic E-state index is 12.5. The molecule has 0 aliphatic carbocycles. The van der Waals surface area contributed by atoms with Gasteiger partial charge in [0.05, 0.1) is 6.61 Å². The summed E-state index contributed by atoms with van der Waals surface area (Å²) in [5.74, 6) is 0.457. The Morgan fingerprint density at radius 2 is 1.89 bits per heavy atom. The van der Waals surface area contributed by atoms with Gasteiger partial charge in [0.25, 0.3) is 0 Å². The number of halogens is 3. The Kier molecular flexibility index (Phi) is 8.12. The first kappa shape index (κ1) is 18.5. The Labute approximate surface area is 148 Å². The Bertz CT molecular complexity index is 385. The number of aryl methyl sites for hydroxylation is 1. The molecule has 2 nitrogen and oxygen atoms in total. The van der Waals surface area contributed by atoms with E-state index in [4.69, 9.17) is 9.47 Å². The average molecular weight is 286 g/mol. The molecule has 0 fully saturated rings. The van der Waals surface area contributed by atoms with Gasteiger partial charge in [-0.25, -0.2) is 0 Å². The van der Waals surface area contributed by atoms with Crippen molar-refractivity contribution in [2.75, 3.05) is 13.7 Å². The van der Waals surface area contributed by atoms with Gasteiger partial charge in [-0.2, -0.15) is 0 Å². The van der Waals surface area contributed by atoms with Crippen LogP contribution < -0.4 is 61.6 Å². The third-order valence-electron chi connectivity index (χ3n) is 2.31. The van der Waals surface area contributed by atoms with E-state index in [1.165, 1.54) is 6.07 Å². The monoisotopic (exact) mass is 286 g/mol. The fraction of sp³-hybridized carbons (Fsp3) is 0.455. The van der Waals surface area contributed by atoms with Crippen molar-refractivity contribution in [2.24, 2.45) is 0 Å². The molecule has 1 rings (SSSR count). The van der Waals surface area contributed by atoms with Crippen LogP contribution >= 0.6 is 0 Å². The van der Waals surface area contributed by atoms with Crippen LogP contribution in [0, 0.1) is 6.92 Å². The molecule has 0 aromatic heterocycles. The Morgan fingerprint density at radius 3 is 2.33 bits per heavy atom. The van der Waals surface area contributed by atoms with Gasteiger partial charge in [0.15, 0.2) is 0 Å². The number of hydrogen-bond acceptors (Lipinski definition) is 2.